The van der Waals surface area contributed by atoms with Gasteiger partial charge in [-0.2, -0.15) is 0 Å². The number of carbonyl (C=O) groups is 1. The van der Waals surface area contributed by atoms with E-state index in [-0.39, 0.29) is 17.5 Å². The molecule has 5 nitrogen and oxygen atoms in total. The smallest absolute Gasteiger partial charge is 0.310 e. The fraction of sp³-hybridized carbons (Fsp3) is 0.889. The van der Waals surface area contributed by atoms with Crippen LogP contribution in [0.3, 0.4) is 0 Å². The Balaban J connectivity index is 1.83. The first kappa shape index (κ1) is 10.9. The van der Waals surface area contributed by atoms with Crippen molar-refractivity contribution in [1.82, 2.24) is 5.32 Å². The lowest BCUT2D eigenvalue weighted by Crippen LogP contribution is -2.37. The molecule has 1 heterocycles. The zero-order valence-electron chi connectivity index (χ0n) is 8.40. The van der Waals surface area contributed by atoms with Gasteiger partial charge in [0.05, 0.1) is 16.9 Å². The summed E-state index contributed by atoms with van der Waals surface area (Å²) in [7, 11) is -2.87. The summed E-state index contributed by atoms with van der Waals surface area (Å²) in [6.07, 6.45) is 2.02. The molecule has 0 spiro atoms. The van der Waals surface area contributed by atoms with Crippen molar-refractivity contribution in [3.63, 3.8) is 0 Å². The lowest BCUT2D eigenvalue weighted by atomic mass is 10.1. The van der Waals surface area contributed by atoms with Crippen molar-refractivity contribution in [1.29, 1.82) is 0 Å². The van der Waals surface area contributed by atoms with Crippen molar-refractivity contribution < 1.29 is 18.3 Å². The Labute approximate surface area is 88.8 Å². The van der Waals surface area contributed by atoms with Crippen molar-refractivity contribution in [3.05, 3.63) is 0 Å². The van der Waals surface area contributed by atoms with Crippen molar-refractivity contribution in [2.75, 3.05) is 18.1 Å². The van der Waals surface area contributed by atoms with Gasteiger partial charge in [-0.15, -0.1) is 0 Å². The number of aliphatic carboxylic acids is 1. The number of carboxylic acids is 1. The summed E-state index contributed by atoms with van der Waals surface area (Å²) < 4.78 is 22.3. The zero-order chi connectivity index (χ0) is 11.1. The van der Waals surface area contributed by atoms with Gasteiger partial charge in [-0.25, -0.2) is 8.42 Å². The van der Waals surface area contributed by atoms with Crippen LogP contribution in [0.15, 0.2) is 0 Å². The molecule has 1 saturated heterocycles. The summed E-state index contributed by atoms with van der Waals surface area (Å²) in [5.74, 6) is -0.385. The van der Waals surface area contributed by atoms with Crippen molar-refractivity contribution in [2.45, 2.75) is 25.3 Å². The van der Waals surface area contributed by atoms with Gasteiger partial charge in [0, 0.05) is 12.6 Å². The quantitative estimate of drug-likeness (QED) is 0.692. The Kier molecular flexibility index (Phi) is 2.50. The zero-order valence-corrected chi connectivity index (χ0v) is 9.22. The molecule has 2 rings (SSSR count). The minimum absolute atomic E-state index is 0.0492. The molecule has 0 radical (unpaired) electrons. The lowest BCUT2D eigenvalue weighted by molar-refractivity contribution is -0.143. The maximum atomic E-state index is 11.2. The Morgan fingerprint density at radius 1 is 1.47 bits per heavy atom. The predicted octanol–water partition coefficient (Wildman–Crippen LogP) is -0.372. The summed E-state index contributed by atoms with van der Waals surface area (Å²) in [4.78, 5) is 10.9. The van der Waals surface area contributed by atoms with E-state index in [2.05, 4.69) is 5.32 Å². The number of sulfone groups is 1. The molecule has 2 N–H and O–H groups in total. The highest BCUT2D eigenvalue weighted by Gasteiger charge is 2.50. The third-order valence-electron chi connectivity index (χ3n) is 3.27. The van der Waals surface area contributed by atoms with Crippen molar-refractivity contribution in [3.8, 4) is 0 Å². The summed E-state index contributed by atoms with van der Waals surface area (Å²) in [6, 6.07) is -0.0492. The molecular weight excluding hydrogens is 218 g/mol. The summed E-state index contributed by atoms with van der Waals surface area (Å²) in [6.45, 7) is 0.405. The normalized spacial score (nSPS) is 31.3. The number of carboxylic acid groups (broad SMARTS) is 1. The second kappa shape index (κ2) is 3.45. The van der Waals surface area contributed by atoms with Gasteiger partial charge >= 0.3 is 5.97 Å². The molecule has 1 saturated carbocycles. The van der Waals surface area contributed by atoms with Crippen LogP contribution in [0.4, 0.5) is 0 Å². The molecule has 6 heteroatoms. The molecule has 15 heavy (non-hydrogen) atoms. The summed E-state index contributed by atoms with van der Waals surface area (Å²) in [5, 5.41) is 12.0. The number of hydrogen-bond acceptors (Lipinski definition) is 4. The lowest BCUT2D eigenvalue weighted by Gasteiger charge is -2.14. The van der Waals surface area contributed by atoms with E-state index >= 15 is 0 Å². The summed E-state index contributed by atoms with van der Waals surface area (Å²) in [5.41, 5.74) is -0.605. The minimum Gasteiger partial charge on any atom is -0.481 e. The maximum absolute atomic E-state index is 11.2. The van der Waals surface area contributed by atoms with Crippen molar-refractivity contribution >= 4 is 15.8 Å². The monoisotopic (exact) mass is 233 g/mol. The average Bonchev–Trinajstić information content (AvgIpc) is 2.84. The van der Waals surface area contributed by atoms with Crippen LogP contribution in [-0.4, -0.2) is 43.6 Å². The molecule has 2 fully saturated rings. The fourth-order valence-corrected chi connectivity index (χ4v) is 3.62. The van der Waals surface area contributed by atoms with Gasteiger partial charge in [0.2, 0.25) is 0 Å². The first-order valence-corrected chi connectivity index (χ1v) is 6.93. The van der Waals surface area contributed by atoms with Crippen LogP contribution in [0.1, 0.15) is 19.3 Å². The highest BCUT2D eigenvalue weighted by molar-refractivity contribution is 7.91. The Morgan fingerprint density at radius 2 is 2.13 bits per heavy atom. The maximum Gasteiger partial charge on any atom is 0.310 e. The van der Waals surface area contributed by atoms with E-state index in [0.717, 1.165) is 0 Å². The molecule has 1 unspecified atom stereocenters. The van der Waals surface area contributed by atoms with E-state index in [9.17, 15) is 13.2 Å². The molecule has 86 valence electrons. The van der Waals surface area contributed by atoms with Crippen LogP contribution in [0.2, 0.25) is 0 Å². The van der Waals surface area contributed by atoms with Crippen LogP contribution in [-0.2, 0) is 14.6 Å². The summed E-state index contributed by atoms with van der Waals surface area (Å²) >= 11 is 0. The van der Waals surface area contributed by atoms with Crippen LogP contribution in [0.25, 0.3) is 0 Å². The predicted molar refractivity (Wildman–Crippen MR) is 54.4 cm³/mol. The van der Waals surface area contributed by atoms with E-state index in [1.54, 1.807) is 0 Å². The first-order valence-electron chi connectivity index (χ1n) is 5.11. The minimum atomic E-state index is -2.87. The topological polar surface area (TPSA) is 83.5 Å². The molecular formula is C9H15NO4S. The van der Waals surface area contributed by atoms with Crippen LogP contribution in [0, 0.1) is 5.41 Å². The van der Waals surface area contributed by atoms with E-state index < -0.39 is 21.2 Å². The highest BCUT2D eigenvalue weighted by Crippen LogP contribution is 2.45. The largest absolute Gasteiger partial charge is 0.481 e. The number of hydrogen-bond donors (Lipinski definition) is 2. The molecule has 0 aromatic rings. The van der Waals surface area contributed by atoms with Gasteiger partial charge in [-0.05, 0) is 19.3 Å². The van der Waals surface area contributed by atoms with E-state index in [1.807, 2.05) is 0 Å². The highest BCUT2D eigenvalue weighted by atomic mass is 32.2. The second-order valence-electron chi connectivity index (χ2n) is 4.57. The molecule has 0 aromatic carbocycles. The molecule has 1 aliphatic carbocycles. The average molecular weight is 233 g/mol. The molecule has 2 aliphatic rings. The molecule has 0 bridgehead atoms. The van der Waals surface area contributed by atoms with Gasteiger partial charge in [0.1, 0.15) is 0 Å². The van der Waals surface area contributed by atoms with Crippen LogP contribution < -0.4 is 5.32 Å². The number of nitrogens with one attached hydrogen (secondary N) is 1. The second-order valence-corrected chi connectivity index (χ2v) is 6.80. The Bertz CT molecular complexity index is 372. The van der Waals surface area contributed by atoms with E-state index in [0.29, 0.717) is 25.8 Å². The third kappa shape index (κ3) is 2.31. The van der Waals surface area contributed by atoms with Crippen molar-refractivity contribution in [2.24, 2.45) is 5.41 Å². The molecule has 0 aromatic heterocycles. The third-order valence-corrected chi connectivity index (χ3v) is 5.04. The fourth-order valence-electron chi connectivity index (χ4n) is 1.91. The van der Waals surface area contributed by atoms with Gasteiger partial charge in [0.15, 0.2) is 9.84 Å². The van der Waals surface area contributed by atoms with Crippen LogP contribution >= 0.6 is 0 Å². The number of rotatable bonds is 4. The van der Waals surface area contributed by atoms with E-state index in [1.165, 1.54) is 0 Å². The first-order chi connectivity index (χ1) is 6.94. The van der Waals surface area contributed by atoms with Crippen LogP contribution in [0.5, 0.6) is 0 Å². The van der Waals surface area contributed by atoms with Gasteiger partial charge in [-0.1, -0.05) is 0 Å². The standard InChI is InChI=1S/C9H15NO4S/c11-8(12)9(2-3-9)6-10-7-1-4-15(13,14)5-7/h7,10H,1-6H2,(H,11,12). The van der Waals surface area contributed by atoms with Gasteiger partial charge in [-0.3, -0.25) is 4.79 Å². The van der Waals surface area contributed by atoms with E-state index in [4.69, 9.17) is 5.11 Å². The Morgan fingerprint density at radius 3 is 2.53 bits per heavy atom. The SMILES string of the molecule is O=C(O)C1(CNC2CCS(=O)(=O)C2)CC1. The molecule has 1 aliphatic heterocycles. The van der Waals surface area contributed by atoms with Gasteiger partial charge in [0.25, 0.3) is 0 Å². The Hall–Kier alpha value is -0.620. The molecule has 0 amide bonds. The molecule has 1 atom stereocenters. The van der Waals surface area contributed by atoms with Gasteiger partial charge < -0.3 is 10.4 Å².